The molecule has 7 rings (SSSR count). The van der Waals surface area contributed by atoms with Crippen molar-refractivity contribution in [2.45, 2.75) is 0 Å². The van der Waals surface area contributed by atoms with Gasteiger partial charge in [0.05, 0.1) is 11.4 Å². The predicted molar refractivity (Wildman–Crippen MR) is 172 cm³/mol. The smallest absolute Gasteiger partial charge is 0.109 e. The largest absolute Gasteiger partial charge is 0.299 e. The predicted octanol–water partition coefficient (Wildman–Crippen LogP) is 9.16. The quantitative estimate of drug-likeness (QED) is 0.134. The van der Waals surface area contributed by atoms with Crippen LogP contribution in [-0.2, 0) is 0 Å². The molecule has 6 aromatic rings. The molecule has 0 atom stereocenters. The first-order valence-corrected chi connectivity index (χ1v) is 13.6. The van der Waals surface area contributed by atoms with Crippen LogP contribution in [-0.4, -0.2) is 16.4 Å². The van der Waals surface area contributed by atoms with Gasteiger partial charge in [0.2, 0.25) is 0 Å². The molecule has 0 saturated carbocycles. The number of rotatable bonds is 5. The SMILES string of the molecule is N=C1C=CC(c2c3ccccc3c(-c3ccccc3)c3ccccc23)=C/C1=N/Nc1cccc(-c2ccncc2)c1. The molecule has 0 radical (unpaired) electrons. The molecule has 4 nitrogen and oxygen atoms in total. The van der Waals surface area contributed by atoms with Crippen molar-refractivity contribution in [3.8, 4) is 22.3 Å². The van der Waals surface area contributed by atoms with Crippen LogP contribution < -0.4 is 5.43 Å². The highest BCUT2D eigenvalue weighted by Gasteiger charge is 2.19. The van der Waals surface area contributed by atoms with Crippen molar-refractivity contribution in [2.24, 2.45) is 5.10 Å². The van der Waals surface area contributed by atoms with Crippen molar-refractivity contribution in [3.05, 3.63) is 151 Å². The van der Waals surface area contributed by atoms with Crippen molar-refractivity contribution < 1.29 is 0 Å². The van der Waals surface area contributed by atoms with Gasteiger partial charge in [-0.3, -0.25) is 15.8 Å². The molecule has 1 heterocycles. The topological polar surface area (TPSA) is 61.1 Å². The third kappa shape index (κ3) is 4.62. The maximum absolute atomic E-state index is 8.60. The minimum atomic E-state index is 0.362. The summed E-state index contributed by atoms with van der Waals surface area (Å²) in [6.07, 6.45) is 9.45. The Hall–Kier alpha value is -5.61. The van der Waals surface area contributed by atoms with Gasteiger partial charge >= 0.3 is 0 Å². The molecule has 1 aliphatic carbocycles. The summed E-state index contributed by atoms with van der Waals surface area (Å²) in [5, 5.41) is 18.0. The monoisotopic (exact) mass is 526 g/mol. The highest BCUT2D eigenvalue weighted by atomic mass is 15.3. The summed E-state index contributed by atoms with van der Waals surface area (Å²) >= 11 is 0. The number of nitrogens with one attached hydrogen (secondary N) is 2. The molecule has 0 spiro atoms. The summed E-state index contributed by atoms with van der Waals surface area (Å²) in [5.74, 6) is 0. The summed E-state index contributed by atoms with van der Waals surface area (Å²) in [7, 11) is 0. The number of anilines is 1. The Balaban J connectivity index is 1.34. The number of allylic oxidation sites excluding steroid dienone is 4. The third-order valence-electron chi connectivity index (χ3n) is 7.46. The number of benzene rings is 5. The highest BCUT2D eigenvalue weighted by molar-refractivity contribution is 6.52. The fourth-order valence-corrected chi connectivity index (χ4v) is 5.57. The van der Waals surface area contributed by atoms with E-state index in [1.54, 1.807) is 12.4 Å². The van der Waals surface area contributed by atoms with Gasteiger partial charge in [-0.2, -0.15) is 5.10 Å². The van der Waals surface area contributed by atoms with Gasteiger partial charge in [0.15, 0.2) is 0 Å². The zero-order valence-corrected chi connectivity index (χ0v) is 22.3. The Morgan fingerprint density at radius 2 is 1.17 bits per heavy atom. The summed E-state index contributed by atoms with van der Waals surface area (Å²) in [6.45, 7) is 0. The Morgan fingerprint density at radius 1 is 0.561 bits per heavy atom. The lowest BCUT2D eigenvalue weighted by molar-refractivity contribution is 1.32. The summed E-state index contributed by atoms with van der Waals surface area (Å²) in [4.78, 5) is 4.12. The maximum Gasteiger partial charge on any atom is 0.109 e. The van der Waals surface area contributed by atoms with Crippen molar-refractivity contribution in [3.63, 3.8) is 0 Å². The number of hydrogen-bond donors (Lipinski definition) is 2. The summed E-state index contributed by atoms with van der Waals surface area (Å²) in [6, 6.07) is 39.8. The van der Waals surface area contributed by atoms with Crippen molar-refractivity contribution in [2.75, 3.05) is 5.43 Å². The molecule has 5 aromatic carbocycles. The Bertz CT molecular complexity index is 1960. The van der Waals surface area contributed by atoms with E-state index in [2.05, 4.69) is 107 Å². The number of hydrogen-bond acceptors (Lipinski definition) is 4. The van der Waals surface area contributed by atoms with Crippen LogP contribution in [0, 0.1) is 5.41 Å². The Labute approximate surface area is 238 Å². The molecular formula is C37H26N4. The second-order valence-electron chi connectivity index (χ2n) is 9.98. The summed E-state index contributed by atoms with van der Waals surface area (Å²) in [5.41, 5.74) is 11.7. The molecular weight excluding hydrogens is 500 g/mol. The van der Waals surface area contributed by atoms with Gasteiger partial charge in [-0.25, -0.2) is 0 Å². The van der Waals surface area contributed by atoms with Crippen LogP contribution in [0.1, 0.15) is 5.56 Å². The molecule has 0 saturated heterocycles. The van der Waals surface area contributed by atoms with Gasteiger partial charge in [0.1, 0.15) is 5.71 Å². The molecule has 0 unspecified atom stereocenters. The van der Waals surface area contributed by atoms with E-state index < -0.39 is 0 Å². The van der Waals surface area contributed by atoms with Crippen LogP contribution in [0.5, 0.6) is 0 Å². The van der Waals surface area contributed by atoms with Crippen LogP contribution in [0.2, 0.25) is 0 Å². The van der Waals surface area contributed by atoms with Crippen molar-refractivity contribution >= 4 is 44.2 Å². The van der Waals surface area contributed by atoms with Crippen LogP contribution in [0.4, 0.5) is 5.69 Å². The second-order valence-corrected chi connectivity index (χ2v) is 9.98. The second kappa shape index (κ2) is 10.5. The van der Waals surface area contributed by atoms with Gasteiger partial charge in [-0.1, -0.05) is 97.1 Å². The molecule has 2 N–H and O–H groups in total. The van der Waals surface area contributed by atoms with E-state index in [0.29, 0.717) is 11.4 Å². The molecule has 0 amide bonds. The average molecular weight is 527 g/mol. The molecule has 1 aromatic heterocycles. The first-order valence-electron chi connectivity index (χ1n) is 13.6. The van der Waals surface area contributed by atoms with Crippen LogP contribution in [0.3, 0.4) is 0 Å². The zero-order chi connectivity index (χ0) is 27.6. The Kier molecular flexibility index (Phi) is 6.26. The van der Waals surface area contributed by atoms with Crippen LogP contribution in [0.15, 0.2) is 151 Å². The molecule has 0 bridgehead atoms. The van der Waals surface area contributed by atoms with Gasteiger partial charge in [0, 0.05) is 12.4 Å². The van der Waals surface area contributed by atoms with Gasteiger partial charge in [-0.05, 0) is 91.4 Å². The van der Waals surface area contributed by atoms with E-state index in [9.17, 15) is 0 Å². The third-order valence-corrected chi connectivity index (χ3v) is 7.46. The fraction of sp³-hybridized carbons (Fsp3) is 0. The zero-order valence-electron chi connectivity index (χ0n) is 22.3. The number of aromatic nitrogens is 1. The molecule has 194 valence electrons. The number of hydrazone groups is 1. The van der Waals surface area contributed by atoms with E-state index in [0.717, 1.165) is 28.0 Å². The average Bonchev–Trinajstić information content (AvgIpc) is 3.04. The molecule has 4 heteroatoms. The first-order chi connectivity index (χ1) is 20.3. The molecule has 41 heavy (non-hydrogen) atoms. The van der Waals surface area contributed by atoms with Crippen molar-refractivity contribution in [1.29, 1.82) is 5.41 Å². The number of nitrogens with zero attached hydrogens (tertiary/aromatic N) is 2. The maximum atomic E-state index is 8.60. The lowest BCUT2D eigenvalue weighted by Gasteiger charge is -2.19. The Morgan fingerprint density at radius 3 is 1.85 bits per heavy atom. The van der Waals surface area contributed by atoms with E-state index in [1.807, 2.05) is 42.5 Å². The van der Waals surface area contributed by atoms with Gasteiger partial charge in [0.25, 0.3) is 0 Å². The molecule has 1 aliphatic rings. The minimum Gasteiger partial charge on any atom is -0.299 e. The standard InChI is InChI=1S/C37H26N4/c38-34-18-17-28(24-35(34)41-40-29-12-8-11-27(23-29)25-19-21-39-22-20-25)37-32-15-6-4-13-30(32)36(26-9-2-1-3-10-26)31-14-5-7-16-33(31)37/h1-24,38,40H/b38-34?,41-35-. The lowest BCUT2D eigenvalue weighted by Crippen LogP contribution is -2.14. The molecule has 0 aliphatic heterocycles. The minimum absolute atomic E-state index is 0.362. The normalized spacial score (nSPS) is 14.0. The highest BCUT2D eigenvalue weighted by Crippen LogP contribution is 2.42. The van der Waals surface area contributed by atoms with Gasteiger partial charge < -0.3 is 0 Å². The van der Waals surface area contributed by atoms with E-state index in [-0.39, 0.29) is 0 Å². The van der Waals surface area contributed by atoms with Crippen molar-refractivity contribution in [1.82, 2.24) is 4.98 Å². The molecule has 0 fully saturated rings. The van der Waals surface area contributed by atoms with Crippen LogP contribution in [0.25, 0.3) is 49.4 Å². The first kappa shape index (κ1) is 24.4. The van der Waals surface area contributed by atoms with Gasteiger partial charge in [-0.15, -0.1) is 0 Å². The lowest BCUT2D eigenvalue weighted by atomic mass is 9.84. The van der Waals surface area contributed by atoms with Crippen LogP contribution >= 0.6 is 0 Å². The summed E-state index contributed by atoms with van der Waals surface area (Å²) < 4.78 is 0. The number of fused-ring (bicyclic) bond motifs is 2. The number of pyridine rings is 1. The fourth-order valence-electron chi connectivity index (χ4n) is 5.57. The van der Waals surface area contributed by atoms with E-state index in [1.165, 1.54) is 32.7 Å². The van der Waals surface area contributed by atoms with E-state index in [4.69, 9.17) is 5.41 Å². The van der Waals surface area contributed by atoms with E-state index >= 15 is 0 Å².